The molecule has 300 valence electrons. The number of ether oxygens (including phenoxy) is 3. The lowest BCUT2D eigenvalue weighted by molar-refractivity contribution is -0.141. The molecule has 3 heterocycles. The molecule has 1 saturated heterocycles. The first-order valence-corrected chi connectivity index (χ1v) is 20.9. The molecule has 0 spiro atoms. The highest BCUT2D eigenvalue weighted by Crippen LogP contribution is 2.48. The Kier molecular flexibility index (Phi) is 11.1. The molecule has 17 heteroatoms. The molecule has 0 unspecified atom stereocenters. The lowest BCUT2D eigenvalue weighted by Crippen LogP contribution is -2.59. The number of alkyl carbamates (subject to hydrolysis) is 1. The Morgan fingerprint density at radius 3 is 2.49 bits per heavy atom. The van der Waals surface area contributed by atoms with Gasteiger partial charge in [-0.2, -0.15) is 0 Å². The summed E-state index contributed by atoms with van der Waals surface area (Å²) in [7, 11) is -2.77. The molecule has 3 saturated carbocycles. The third-order valence-electron chi connectivity index (χ3n) is 12.0. The van der Waals surface area contributed by atoms with E-state index in [4.69, 9.17) is 14.2 Å². The number of rotatable bonds is 8. The number of carbonyl (C=O) groups excluding carboxylic acids is 5. The molecule has 0 aromatic heterocycles. The van der Waals surface area contributed by atoms with Gasteiger partial charge in [0, 0.05) is 31.6 Å². The molecule has 4 fully saturated rings. The van der Waals surface area contributed by atoms with Crippen molar-refractivity contribution in [1.82, 2.24) is 25.2 Å². The van der Waals surface area contributed by atoms with Crippen LogP contribution in [-0.4, -0.2) is 103 Å². The quantitative estimate of drug-likeness (QED) is 0.330. The van der Waals surface area contributed by atoms with E-state index in [1.165, 1.54) is 23.0 Å². The van der Waals surface area contributed by atoms with Crippen molar-refractivity contribution in [3.63, 3.8) is 0 Å². The van der Waals surface area contributed by atoms with Crippen LogP contribution >= 0.6 is 0 Å². The van der Waals surface area contributed by atoms with Gasteiger partial charge in [0.25, 0.3) is 5.91 Å². The predicted octanol–water partition coefficient (Wildman–Crippen LogP) is 3.31. The molecule has 3 aliphatic carbocycles. The second-order valence-corrected chi connectivity index (χ2v) is 18.0. The summed E-state index contributed by atoms with van der Waals surface area (Å²) in [6.07, 6.45) is 8.05. The zero-order valence-corrected chi connectivity index (χ0v) is 31.9. The van der Waals surface area contributed by atoms with Crippen molar-refractivity contribution in [2.24, 2.45) is 5.92 Å². The van der Waals surface area contributed by atoms with Crippen molar-refractivity contribution < 1.29 is 51.0 Å². The predicted molar refractivity (Wildman–Crippen MR) is 194 cm³/mol. The Hall–Kier alpha value is -4.25. The largest absolute Gasteiger partial charge is 0.446 e. The fourth-order valence-electron chi connectivity index (χ4n) is 8.44. The minimum Gasteiger partial charge on any atom is -0.446 e. The van der Waals surface area contributed by atoms with Crippen molar-refractivity contribution >= 4 is 39.9 Å². The van der Waals surface area contributed by atoms with Crippen molar-refractivity contribution in [3.8, 4) is 0 Å². The van der Waals surface area contributed by atoms with Crippen LogP contribution in [0.4, 0.5) is 14.0 Å². The molecule has 3 N–H and O–H groups in total. The lowest BCUT2D eigenvalue weighted by atomic mass is 10.0. The normalized spacial score (nSPS) is 29.8. The third-order valence-corrected chi connectivity index (χ3v) is 14.1. The van der Waals surface area contributed by atoms with Crippen molar-refractivity contribution in [3.05, 3.63) is 47.3 Å². The molecule has 0 radical (unpaired) electrons. The molecule has 0 bridgehead atoms. The van der Waals surface area contributed by atoms with Gasteiger partial charge in [0.05, 0.1) is 19.7 Å². The maximum absolute atomic E-state index is 14.5. The maximum atomic E-state index is 14.5. The second kappa shape index (κ2) is 15.7. The van der Waals surface area contributed by atoms with E-state index in [1.807, 2.05) is 12.2 Å². The smallest absolute Gasteiger partial charge is 0.410 e. The molecule has 1 aromatic rings. The average Bonchev–Trinajstić information content (AvgIpc) is 3.81. The highest BCUT2D eigenvalue weighted by atomic mass is 32.2. The van der Waals surface area contributed by atoms with E-state index in [2.05, 4.69) is 15.4 Å². The van der Waals surface area contributed by atoms with E-state index in [0.717, 1.165) is 38.5 Å². The Morgan fingerprint density at radius 1 is 1.00 bits per heavy atom. The summed E-state index contributed by atoms with van der Waals surface area (Å²) in [5.74, 6) is -3.13. The Balaban J connectivity index is 1.13. The SMILES string of the molecule is COCC1(S(=O)(=O)NC(=O)[C@@]23C[C@@H]2/C=C\CCCCC[C@H](NC(=O)OC2CCCC2)C(=O)N2C[C@H](OC(=O)N4Cc5cccc(F)c5C4)C[C@H]2C(=O)N3)CC1. The number of sulfonamides is 1. The standard InChI is InChI=1S/C38H50FN5O10S/c1-52-23-37(16-17-37)55(50,51)42-34(47)38-19-25(38)11-5-3-2-4-6-15-30(40-35(48)53-26-12-7-8-13-26)33(46)44-21-27(18-31(44)32(45)41-38)54-36(49)43-20-24-10-9-14-29(39)28(24)22-43/h5,9-11,14,25-27,30-31H,2-4,6-8,12-13,15-23H2,1H3,(H,40,48)(H,41,45)(H,42,47)/b11-5-/t25-,27+,30-,31-,38+/m0/s1. The molecule has 3 aliphatic heterocycles. The molecule has 7 rings (SSSR count). The van der Waals surface area contributed by atoms with E-state index >= 15 is 0 Å². The fourth-order valence-corrected chi connectivity index (χ4v) is 10.00. The zero-order valence-electron chi connectivity index (χ0n) is 31.1. The van der Waals surface area contributed by atoms with Gasteiger partial charge >= 0.3 is 12.2 Å². The van der Waals surface area contributed by atoms with Crippen molar-refractivity contribution in [2.45, 2.75) is 131 Å². The van der Waals surface area contributed by atoms with E-state index in [9.17, 15) is 36.8 Å². The van der Waals surface area contributed by atoms with Crippen LogP contribution in [0.3, 0.4) is 0 Å². The Bertz CT molecular complexity index is 1830. The molecular weight excluding hydrogens is 738 g/mol. The van der Waals surface area contributed by atoms with Gasteiger partial charge in [0.15, 0.2) is 0 Å². The van der Waals surface area contributed by atoms with Crippen molar-refractivity contribution in [2.75, 3.05) is 20.3 Å². The summed E-state index contributed by atoms with van der Waals surface area (Å²) in [4.78, 5) is 71.8. The molecule has 6 aliphatic rings. The highest BCUT2D eigenvalue weighted by molar-refractivity contribution is 7.91. The summed E-state index contributed by atoms with van der Waals surface area (Å²) in [6, 6.07) is 2.32. The summed E-state index contributed by atoms with van der Waals surface area (Å²) < 4.78 is 58.8. The van der Waals surface area contributed by atoms with Crippen LogP contribution in [0.2, 0.25) is 0 Å². The van der Waals surface area contributed by atoms with Gasteiger partial charge in [0.2, 0.25) is 21.8 Å². The average molecular weight is 788 g/mol. The summed E-state index contributed by atoms with van der Waals surface area (Å²) in [6.45, 7) is -0.152. The van der Waals surface area contributed by atoms with Gasteiger partial charge in [0.1, 0.15) is 40.4 Å². The number of fused-ring (bicyclic) bond motifs is 3. The first kappa shape index (κ1) is 39.0. The van der Waals surface area contributed by atoms with Gasteiger partial charge in [-0.25, -0.2) is 22.4 Å². The van der Waals surface area contributed by atoms with E-state index in [0.29, 0.717) is 36.8 Å². The fraction of sp³-hybridized carbons (Fsp3) is 0.658. The molecule has 5 amide bonds. The van der Waals surface area contributed by atoms with E-state index in [-0.39, 0.29) is 51.6 Å². The number of allylic oxidation sites excluding steroid dienone is 1. The van der Waals surface area contributed by atoms with Crippen molar-refractivity contribution in [1.29, 1.82) is 0 Å². The molecule has 15 nitrogen and oxygen atoms in total. The van der Waals surface area contributed by atoms with E-state index < -0.39 is 80.1 Å². The number of benzene rings is 1. The molecular formula is C38H50FN5O10S. The van der Waals surface area contributed by atoms with Gasteiger partial charge in [-0.1, -0.05) is 37.1 Å². The van der Waals surface area contributed by atoms with Gasteiger partial charge in [-0.15, -0.1) is 0 Å². The first-order valence-electron chi connectivity index (χ1n) is 19.4. The van der Waals surface area contributed by atoms with Crippen LogP contribution < -0.4 is 15.4 Å². The monoisotopic (exact) mass is 787 g/mol. The summed E-state index contributed by atoms with van der Waals surface area (Å²) in [5, 5.41) is 5.55. The second-order valence-electron chi connectivity index (χ2n) is 15.9. The van der Waals surface area contributed by atoms with Crippen LogP contribution in [0.1, 0.15) is 94.6 Å². The number of nitrogens with zero attached hydrogens (tertiary/aromatic N) is 2. The van der Waals surface area contributed by atoms with Gasteiger partial charge in [-0.3, -0.25) is 24.0 Å². The van der Waals surface area contributed by atoms with Crippen LogP contribution in [-0.2, 0) is 51.7 Å². The number of hydrogen-bond donors (Lipinski definition) is 3. The van der Waals surface area contributed by atoms with E-state index in [1.54, 1.807) is 12.1 Å². The number of hydrogen-bond acceptors (Lipinski definition) is 10. The Morgan fingerprint density at radius 2 is 1.76 bits per heavy atom. The number of methoxy groups -OCH3 is 1. The van der Waals surface area contributed by atoms with Gasteiger partial charge < -0.3 is 29.7 Å². The minimum absolute atomic E-state index is 0.00364. The third kappa shape index (κ3) is 8.18. The summed E-state index contributed by atoms with van der Waals surface area (Å²) >= 11 is 0. The lowest BCUT2D eigenvalue weighted by Gasteiger charge is -2.30. The first-order chi connectivity index (χ1) is 26.3. The number of nitrogens with one attached hydrogen (secondary N) is 3. The molecule has 5 atom stereocenters. The van der Waals surface area contributed by atoms with Crippen LogP contribution in [0.15, 0.2) is 30.4 Å². The highest BCUT2D eigenvalue weighted by Gasteiger charge is 2.64. The van der Waals surface area contributed by atoms with Crippen LogP contribution in [0.5, 0.6) is 0 Å². The number of halogens is 1. The molecule has 55 heavy (non-hydrogen) atoms. The van der Waals surface area contributed by atoms with Crippen LogP contribution in [0, 0.1) is 11.7 Å². The number of carbonyl (C=O) groups is 5. The minimum atomic E-state index is -4.16. The maximum Gasteiger partial charge on any atom is 0.410 e. The topological polar surface area (TPSA) is 190 Å². The van der Waals surface area contributed by atoms with Gasteiger partial charge in [-0.05, 0) is 75.8 Å². The molecule has 1 aromatic carbocycles. The Labute approximate surface area is 320 Å². The van der Waals surface area contributed by atoms with Crippen LogP contribution in [0.25, 0.3) is 0 Å². The summed E-state index contributed by atoms with van der Waals surface area (Å²) in [5.41, 5.74) is -0.570. The zero-order chi connectivity index (χ0) is 39.0. The number of amides is 5.